The van der Waals surface area contributed by atoms with E-state index in [4.69, 9.17) is 4.74 Å². The van der Waals surface area contributed by atoms with Gasteiger partial charge in [-0.1, -0.05) is 15.9 Å². The van der Waals surface area contributed by atoms with Crippen LogP contribution in [0.15, 0.2) is 28.1 Å². The normalized spacial score (nSPS) is 17.0. The Bertz CT molecular complexity index is 599. The van der Waals surface area contributed by atoms with Crippen LogP contribution in [0.2, 0.25) is 0 Å². The molecule has 20 heavy (non-hydrogen) atoms. The third kappa shape index (κ3) is 3.40. The van der Waals surface area contributed by atoms with Crippen molar-refractivity contribution in [3.63, 3.8) is 0 Å². The molecule has 0 radical (unpaired) electrons. The monoisotopic (exact) mass is 352 g/mol. The number of hydrogen-bond acceptors (Lipinski definition) is 4. The van der Waals surface area contributed by atoms with E-state index in [1.165, 1.54) is 11.3 Å². The second-order valence-corrected chi connectivity index (χ2v) is 6.99. The Kier molecular flexibility index (Phi) is 4.38. The van der Waals surface area contributed by atoms with Crippen molar-refractivity contribution < 1.29 is 4.74 Å². The summed E-state index contributed by atoms with van der Waals surface area (Å²) >= 11 is 5.21. The molecular formula is C15H17BrN2OS. The molecule has 1 aliphatic rings. The largest absolute Gasteiger partial charge is 0.488 e. The van der Waals surface area contributed by atoms with Gasteiger partial charge in [-0.05, 0) is 30.7 Å². The molecule has 0 fully saturated rings. The highest BCUT2D eigenvalue weighted by atomic mass is 79.9. The van der Waals surface area contributed by atoms with E-state index in [9.17, 15) is 0 Å². The number of hydrogen-bond donors (Lipinski definition) is 1. The third-order valence-electron chi connectivity index (χ3n) is 3.36. The van der Waals surface area contributed by atoms with E-state index in [0.717, 1.165) is 41.2 Å². The summed E-state index contributed by atoms with van der Waals surface area (Å²) in [6.45, 7) is 3.88. The van der Waals surface area contributed by atoms with Crippen LogP contribution >= 0.6 is 27.3 Å². The molecule has 0 amide bonds. The first-order valence-electron chi connectivity index (χ1n) is 6.77. The molecule has 2 heterocycles. The summed E-state index contributed by atoms with van der Waals surface area (Å²) in [6.07, 6.45) is 2.21. The van der Waals surface area contributed by atoms with Crippen LogP contribution in [0.3, 0.4) is 0 Å². The van der Waals surface area contributed by atoms with Gasteiger partial charge in [0.1, 0.15) is 11.9 Å². The van der Waals surface area contributed by atoms with Crippen LogP contribution in [0.4, 0.5) is 0 Å². The molecule has 3 nitrogen and oxygen atoms in total. The Labute approximate surface area is 131 Å². The summed E-state index contributed by atoms with van der Waals surface area (Å²) in [5.41, 5.74) is 2.47. The predicted octanol–water partition coefficient (Wildman–Crippen LogP) is 3.35. The zero-order valence-electron chi connectivity index (χ0n) is 11.4. The van der Waals surface area contributed by atoms with Crippen LogP contribution in [-0.4, -0.2) is 24.2 Å². The van der Waals surface area contributed by atoms with Crippen LogP contribution < -0.4 is 10.1 Å². The number of fused-ring (bicyclic) bond motifs is 1. The van der Waals surface area contributed by atoms with Crippen molar-refractivity contribution in [3.05, 3.63) is 44.3 Å². The zero-order chi connectivity index (χ0) is 13.9. The molecule has 1 unspecified atom stereocenters. The van der Waals surface area contributed by atoms with Crippen LogP contribution in [0.25, 0.3) is 0 Å². The molecular weight excluding hydrogens is 336 g/mol. The van der Waals surface area contributed by atoms with E-state index in [-0.39, 0.29) is 6.10 Å². The van der Waals surface area contributed by atoms with Gasteiger partial charge in [0.25, 0.3) is 0 Å². The fourth-order valence-electron chi connectivity index (χ4n) is 2.41. The molecule has 3 rings (SSSR count). The minimum atomic E-state index is 0.247. The lowest BCUT2D eigenvalue weighted by Gasteiger charge is -2.11. The number of halogens is 1. The maximum Gasteiger partial charge on any atom is 0.123 e. The molecule has 0 bridgehead atoms. The van der Waals surface area contributed by atoms with Gasteiger partial charge in [0.15, 0.2) is 0 Å². The van der Waals surface area contributed by atoms with Gasteiger partial charge in [0.05, 0.1) is 10.7 Å². The van der Waals surface area contributed by atoms with E-state index in [1.807, 2.05) is 19.1 Å². The molecule has 1 aromatic heterocycles. The van der Waals surface area contributed by atoms with Crippen molar-refractivity contribution in [3.8, 4) is 5.75 Å². The minimum Gasteiger partial charge on any atom is -0.488 e. The minimum absolute atomic E-state index is 0.247. The van der Waals surface area contributed by atoms with Crippen LogP contribution in [-0.2, 0) is 12.8 Å². The number of aromatic nitrogens is 1. The van der Waals surface area contributed by atoms with Gasteiger partial charge in [-0.25, -0.2) is 4.98 Å². The number of benzene rings is 1. The number of nitrogens with one attached hydrogen (secondary N) is 1. The van der Waals surface area contributed by atoms with E-state index in [0.29, 0.717) is 0 Å². The molecule has 0 saturated heterocycles. The first-order chi connectivity index (χ1) is 9.70. The molecule has 0 spiro atoms. The lowest BCUT2D eigenvalue weighted by molar-refractivity contribution is 0.228. The Morgan fingerprint density at radius 2 is 2.40 bits per heavy atom. The molecule has 0 saturated carbocycles. The first kappa shape index (κ1) is 14.0. The van der Waals surface area contributed by atoms with Gasteiger partial charge >= 0.3 is 0 Å². The summed E-state index contributed by atoms with van der Waals surface area (Å²) in [5, 5.41) is 6.74. The average Bonchev–Trinajstić information content (AvgIpc) is 3.00. The molecule has 1 aliphatic heterocycles. The summed E-state index contributed by atoms with van der Waals surface area (Å²) in [6, 6.07) is 6.21. The smallest absolute Gasteiger partial charge is 0.123 e. The third-order valence-corrected chi connectivity index (χ3v) is 4.68. The van der Waals surface area contributed by atoms with Gasteiger partial charge in [0.2, 0.25) is 0 Å². The fraction of sp³-hybridized carbons (Fsp3) is 0.400. The molecule has 1 N–H and O–H groups in total. The Balaban J connectivity index is 1.42. The zero-order valence-corrected chi connectivity index (χ0v) is 13.8. The van der Waals surface area contributed by atoms with Crippen molar-refractivity contribution in [2.75, 3.05) is 13.1 Å². The number of aryl methyl sites for hydroxylation is 1. The molecule has 2 aromatic rings. The molecule has 0 aliphatic carbocycles. The van der Waals surface area contributed by atoms with E-state index < -0.39 is 0 Å². The second-order valence-electron chi connectivity index (χ2n) is 5.01. The number of rotatable bonds is 5. The van der Waals surface area contributed by atoms with Gasteiger partial charge in [-0.2, -0.15) is 0 Å². The summed E-state index contributed by atoms with van der Waals surface area (Å²) in [4.78, 5) is 4.46. The standard InChI is InChI=1S/C15H17BrN2OS/c1-10-18-13(9-20-10)4-5-17-8-14-7-11-6-12(16)2-3-15(11)19-14/h2-3,6,9,14,17H,4-5,7-8H2,1H3. The topological polar surface area (TPSA) is 34.2 Å². The quantitative estimate of drug-likeness (QED) is 0.837. The first-order valence-corrected chi connectivity index (χ1v) is 8.45. The van der Waals surface area contributed by atoms with Gasteiger partial charge < -0.3 is 10.1 Å². The fourth-order valence-corrected chi connectivity index (χ4v) is 3.46. The van der Waals surface area contributed by atoms with E-state index in [2.05, 4.69) is 37.7 Å². The maximum atomic E-state index is 5.92. The van der Waals surface area contributed by atoms with Crippen LogP contribution in [0.1, 0.15) is 16.3 Å². The molecule has 1 atom stereocenters. The number of nitrogens with zero attached hydrogens (tertiary/aromatic N) is 1. The lowest BCUT2D eigenvalue weighted by atomic mass is 10.1. The van der Waals surface area contributed by atoms with Gasteiger partial charge in [-0.3, -0.25) is 0 Å². The Morgan fingerprint density at radius 1 is 1.50 bits per heavy atom. The summed E-state index contributed by atoms with van der Waals surface area (Å²) in [7, 11) is 0. The van der Waals surface area contributed by atoms with Gasteiger partial charge in [0, 0.05) is 35.8 Å². The molecule has 106 valence electrons. The summed E-state index contributed by atoms with van der Waals surface area (Å²) in [5.74, 6) is 1.02. The highest BCUT2D eigenvalue weighted by Gasteiger charge is 2.22. The molecule has 5 heteroatoms. The predicted molar refractivity (Wildman–Crippen MR) is 85.7 cm³/mol. The molecule has 1 aromatic carbocycles. The van der Waals surface area contributed by atoms with Crippen molar-refractivity contribution in [2.45, 2.75) is 25.9 Å². The van der Waals surface area contributed by atoms with Crippen molar-refractivity contribution >= 4 is 27.3 Å². The van der Waals surface area contributed by atoms with Crippen LogP contribution in [0, 0.1) is 6.92 Å². The van der Waals surface area contributed by atoms with Crippen molar-refractivity contribution in [1.82, 2.24) is 10.3 Å². The highest BCUT2D eigenvalue weighted by molar-refractivity contribution is 9.10. The number of ether oxygens (including phenoxy) is 1. The summed E-state index contributed by atoms with van der Waals surface area (Å²) < 4.78 is 7.04. The lowest BCUT2D eigenvalue weighted by Crippen LogP contribution is -2.31. The maximum absolute atomic E-state index is 5.92. The Morgan fingerprint density at radius 3 is 3.20 bits per heavy atom. The van der Waals surface area contributed by atoms with E-state index >= 15 is 0 Å². The SMILES string of the molecule is Cc1nc(CCNCC2Cc3cc(Br)ccc3O2)cs1. The highest BCUT2D eigenvalue weighted by Crippen LogP contribution is 2.30. The second kappa shape index (κ2) is 6.24. The van der Waals surface area contributed by atoms with Crippen molar-refractivity contribution in [1.29, 1.82) is 0 Å². The average molecular weight is 353 g/mol. The van der Waals surface area contributed by atoms with Crippen LogP contribution in [0.5, 0.6) is 5.75 Å². The number of thiazole rings is 1. The van der Waals surface area contributed by atoms with Crippen molar-refractivity contribution in [2.24, 2.45) is 0 Å². The van der Waals surface area contributed by atoms with E-state index in [1.54, 1.807) is 11.3 Å². The Hall–Kier alpha value is -0.910. The van der Waals surface area contributed by atoms with Gasteiger partial charge in [-0.15, -0.1) is 11.3 Å².